The van der Waals surface area contributed by atoms with Gasteiger partial charge in [0.05, 0.1) is 11.3 Å². The number of nitrogens with one attached hydrogen (secondary N) is 1. The highest BCUT2D eigenvalue weighted by Gasteiger charge is 2.17. The highest BCUT2D eigenvalue weighted by Crippen LogP contribution is 2.18. The molecule has 1 aromatic rings. The number of anilines is 1. The number of carbonyl (C=O) groups excluding carboxylic acids is 1. The van der Waals surface area contributed by atoms with Crippen LogP contribution in [-0.4, -0.2) is 23.5 Å². The van der Waals surface area contributed by atoms with E-state index in [2.05, 4.69) is 5.32 Å². The molecule has 1 aromatic carbocycles. The van der Waals surface area contributed by atoms with Gasteiger partial charge in [0.2, 0.25) is 5.91 Å². The predicted molar refractivity (Wildman–Crippen MR) is 64.8 cm³/mol. The Kier molecular flexibility index (Phi) is 4.79. The third kappa shape index (κ3) is 3.53. The molecule has 4 N–H and O–H groups in total. The van der Waals surface area contributed by atoms with E-state index in [0.717, 1.165) is 18.2 Å². The zero-order valence-corrected chi connectivity index (χ0v) is 9.94. The second-order valence-corrected chi connectivity index (χ2v) is 3.96. The largest absolute Gasteiger partial charge is 0.478 e. The van der Waals surface area contributed by atoms with E-state index in [4.69, 9.17) is 10.8 Å². The van der Waals surface area contributed by atoms with Crippen LogP contribution in [0.25, 0.3) is 0 Å². The number of carboxylic acid groups (broad SMARTS) is 1. The zero-order valence-electron chi connectivity index (χ0n) is 9.94. The van der Waals surface area contributed by atoms with Gasteiger partial charge in [0, 0.05) is 5.92 Å². The van der Waals surface area contributed by atoms with Crippen LogP contribution < -0.4 is 11.1 Å². The van der Waals surface area contributed by atoms with Crippen molar-refractivity contribution in [2.75, 3.05) is 11.9 Å². The van der Waals surface area contributed by atoms with Crippen molar-refractivity contribution in [2.24, 2.45) is 11.7 Å². The number of rotatable bonds is 5. The Balaban J connectivity index is 2.92. The maximum atomic E-state index is 13.0. The Bertz CT molecular complexity index is 463. The molecule has 0 bridgehead atoms. The van der Waals surface area contributed by atoms with Crippen molar-refractivity contribution in [1.82, 2.24) is 0 Å². The molecule has 1 rings (SSSR count). The van der Waals surface area contributed by atoms with Crippen molar-refractivity contribution in [3.8, 4) is 0 Å². The number of halogens is 1. The Labute approximate surface area is 104 Å². The molecule has 1 atom stereocenters. The fourth-order valence-electron chi connectivity index (χ4n) is 1.44. The van der Waals surface area contributed by atoms with Crippen LogP contribution in [0, 0.1) is 11.7 Å². The molecule has 0 fully saturated rings. The van der Waals surface area contributed by atoms with Crippen LogP contribution in [0.4, 0.5) is 10.1 Å². The maximum absolute atomic E-state index is 13.0. The SMILES string of the molecule is CC(CCN)C(=O)Nc1cc(F)ccc1C(=O)O. The summed E-state index contributed by atoms with van der Waals surface area (Å²) >= 11 is 0. The molecule has 0 aromatic heterocycles. The fraction of sp³-hybridized carbons (Fsp3) is 0.333. The third-order valence-electron chi connectivity index (χ3n) is 2.52. The number of hydrogen-bond acceptors (Lipinski definition) is 3. The first-order valence-corrected chi connectivity index (χ1v) is 5.49. The van der Waals surface area contributed by atoms with Gasteiger partial charge in [0.1, 0.15) is 5.82 Å². The van der Waals surface area contributed by atoms with Crippen molar-refractivity contribution < 1.29 is 19.1 Å². The lowest BCUT2D eigenvalue weighted by Gasteiger charge is -2.12. The minimum Gasteiger partial charge on any atom is -0.478 e. The first-order chi connectivity index (χ1) is 8.45. The Hall–Kier alpha value is -1.95. The topological polar surface area (TPSA) is 92.4 Å². The number of nitrogens with two attached hydrogens (primary N) is 1. The van der Waals surface area contributed by atoms with Crippen molar-refractivity contribution >= 4 is 17.6 Å². The first-order valence-electron chi connectivity index (χ1n) is 5.49. The molecule has 0 heterocycles. The van der Waals surface area contributed by atoms with Crippen LogP contribution in [0.15, 0.2) is 18.2 Å². The number of aromatic carboxylic acids is 1. The molecule has 0 radical (unpaired) electrons. The molecule has 1 amide bonds. The van der Waals surface area contributed by atoms with Gasteiger partial charge >= 0.3 is 5.97 Å². The molecule has 0 saturated carbocycles. The first kappa shape index (κ1) is 14.1. The van der Waals surface area contributed by atoms with Crippen LogP contribution in [-0.2, 0) is 4.79 Å². The normalized spacial score (nSPS) is 11.9. The minimum absolute atomic E-state index is 0.0450. The summed E-state index contributed by atoms with van der Waals surface area (Å²) in [7, 11) is 0. The number of benzene rings is 1. The minimum atomic E-state index is -1.23. The molecule has 0 aliphatic heterocycles. The van der Waals surface area contributed by atoms with Crippen LogP contribution >= 0.6 is 0 Å². The number of carbonyl (C=O) groups is 2. The molecule has 18 heavy (non-hydrogen) atoms. The summed E-state index contributed by atoms with van der Waals surface area (Å²) < 4.78 is 13.0. The third-order valence-corrected chi connectivity index (χ3v) is 2.52. The summed E-state index contributed by atoms with van der Waals surface area (Å²) in [6, 6.07) is 3.12. The van der Waals surface area contributed by atoms with Gasteiger partial charge in [-0.1, -0.05) is 6.92 Å². The van der Waals surface area contributed by atoms with Gasteiger partial charge in [0.25, 0.3) is 0 Å². The smallest absolute Gasteiger partial charge is 0.337 e. The Morgan fingerprint density at radius 1 is 1.50 bits per heavy atom. The molecule has 0 aliphatic rings. The lowest BCUT2D eigenvalue weighted by atomic mass is 10.1. The van der Waals surface area contributed by atoms with Crippen LogP contribution in [0.2, 0.25) is 0 Å². The summed E-state index contributed by atoms with van der Waals surface area (Å²) in [5.41, 5.74) is 5.14. The lowest BCUT2D eigenvalue weighted by Crippen LogP contribution is -2.23. The van der Waals surface area contributed by atoms with Crippen LogP contribution in [0.1, 0.15) is 23.7 Å². The van der Waals surface area contributed by atoms with Crippen LogP contribution in [0.3, 0.4) is 0 Å². The van der Waals surface area contributed by atoms with Crippen molar-refractivity contribution in [2.45, 2.75) is 13.3 Å². The molecule has 0 saturated heterocycles. The number of amides is 1. The molecule has 1 unspecified atom stereocenters. The lowest BCUT2D eigenvalue weighted by molar-refractivity contribution is -0.119. The predicted octanol–water partition coefficient (Wildman–Crippen LogP) is 1.45. The molecule has 5 nitrogen and oxygen atoms in total. The van der Waals surface area contributed by atoms with Crippen molar-refractivity contribution in [3.05, 3.63) is 29.6 Å². The van der Waals surface area contributed by atoms with Gasteiger partial charge in [-0.15, -0.1) is 0 Å². The van der Waals surface area contributed by atoms with Gasteiger partial charge in [-0.3, -0.25) is 4.79 Å². The number of carboxylic acids is 1. The molecule has 0 spiro atoms. The second kappa shape index (κ2) is 6.11. The van der Waals surface area contributed by atoms with E-state index in [1.54, 1.807) is 6.92 Å². The molecular weight excluding hydrogens is 239 g/mol. The van der Waals surface area contributed by atoms with Gasteiger partial charge in [0.15, 0.2) is 0 Å². The molecule has 0 aliphatic carbocycles. The van der Waals surface area contributed by atoms with E-state index in [-0.39, 0.29) is 23.1 Å². The highest BCUT2D eigenvalue weighted by molar-refractivity contribution is 6.01. The monoisotopic (exact) mass is 254 g/mol. The van der Waals surface area contributed by atoms with E-state index in [0.29, 0.717) is 13.0 Å². The van der Waals surface area contributed by atoms with E-state index >= 15 is 0 Å². The maximum Gasteiger partial charge on any atom is 0.337 e. The van der Waals surface area contributed by atoms with Gasteiger partial charge < -0.3 is 16.2 Å². The summed E-state index contributed by atoms with van der Waals surface area (Å²) in [5.74, 6) is -2.58. The van der Waals surface area contributed by atoms with Gasteiger partial charge in [-0.2, -0.15) is 0 Å². The zero-order chi connectivity index (χ0) is 13.7. The van der Waals surface area contributed by atoms with Crippen molar-refractivity contribution in [1.29, 1.82) is 0 Å². The molecule has 98 valence electrons. The van der Waals surface area contributed by atoms with E-state index < -0.39 is 11.8 Å². The Morgan fingerprint density at radius 3 is 2.72 bits per heavy atom. The van der Waals surface area contributed by atoms with E-state index in [9.17, 15) is 14.0 Å². The van der Waals surface area contributed by atoms with E-state index in [1.807, 2.05) is 0 Å². The summed E-state index contributed by atoms with van der Waals surface area (Å²) in [5, 5.41) is 11.3. The average molecular weight is 254 g/mol. The molecular formula is C12H15FN2O3. The van der Waals surface area contributed by atoms with Crippen molar-refractivity contribution in [3.63, 3.8) is 0 Å². The fourth-order valence-corrected chi connectivity index (χ4v) is 1.44. The standard InChI is InChI=1S/C12H15FN2O3/c1-7(4-5-14)11(16)15-10-6-8(13)2-3-9(10)12(17)18/h2-3,6-7H,4-5,14H2,1H3,(H,15,16)(H,17,18). The highest BCUT2D eigenvalue weighted by atomic mass is 19.1. The quantitative estimate of drug-likeness (QED) is 0.741. The summed E-state index contributed by atoms with van der Waals surface area (Å²) in [6.07, 6.45) is 0.476. The van der Waals surface area contributed by atoms with E-state index in [1.165, 1.54) is 0 Å². The second-order valence-electron chi connectivity index (χ2n) is 3.96. The molecule has 6 heteroatoms. The average Bonchev–Trinajstić information content (AvgIpc) is 2.28. The summed E-state index contributed by atoms with van der Waals surface area (Å²) in [6.45, 7) is 2.02. The van der Waals surface area contributed by atoms with Crippen LogP contribution in [0.5, 0.6) is 0 Å². The van der Waals surface area contributed by atoms with Gasteiger partial charge in [-0.25, -0.2) is 9.18 Å². The summed E-state index contributed by atoms with van der Waals surface area (Å²) in [4.78, 5) is 22.6. The number of hydrogen-bond donors (Lipinski definition) is 3. The Morgan fingerprint density at radius 2 is 2.17 bits per heavy atom. The van der Waals surface area contributed by atoms with Gasteiger partial charge in [-0.05, 0) is 31.2 Å².